The van der Waals surface area contributed by atoms with Crippen LogP contribution in [-0.4, -0.2) is 21.1 Å². The van der Waals surface area contributed by atoms with Crippen molar-refractivity contribution in [2.75, 3.05) is 5.32 Å². The monoisotopic (exact) mass is 298 g/mol. The Hall–Kier alpha value is -2.08. The van der Waals surface area contributed by atoms with Crippen LogP contribution >= 0.6 is 11.3 Å². The van der Waals surface area contributed by atoms with E-state index in [1.165, 1.54) is 11.3 Å². The molecule has 2 aliphatic rings. The predicted octanol–water partition coefficient (Wildman–Crippen LogP) is 2.75. The Labute approximate surface area is 126 Å². The first-order valence-corrected chi connectivity index (χ1v) is 7.85. The zero-order valence-corrected chi connectivity index (χ0v) is 12.1. The number of rotatable bonds is 3. The first kappa shape index (κ1) is 12.6. The molecule has 2 heterocycles. The molecular weight excluding hydrogens is 284 g/mol. The molecule has 2 bridgehead atoms. The van der Waals surface area contributed by atoms with Gasteiger partial charge in [0.15, 0.2) is 5.01 Å². The molecule has 0 aromatic carbocycles. The maximum Gasteiger partial charge on any atom is 0.229 e. The lowest BCUT2D eigenvalue weighted by Crippen LogP contribution is -2.25. The zero-order chi connectivity index (χ0) is 14.2. The molecule has 0 spiro atoms. The number of pyridine rings is 1. The van der Waals surface area contributed by atoms with Crippen LogP contribution in [0.5, 0.6) is 0 Å². The summed E-state index contributed by atoms with van der Waals surface area (Å²) in [6.45, 7) is 0. The lowest BCUT2D eigenvalue weighted by atomic mass is 9.93. The van der Waals surface area contributed by atoms with E-state index in [0.717, 1.165) is 23.5 Å². The minimum absolute atomic E-state index is 0.0653. The van der Waals surface area contributed by atoms with Crippen molar-refractivity contribution in [1.82, 2.24) is 15.2 Å². The number of anilines is 1. The minimum atomic E-state index is 0.0653. The van der Waals surface area contributed by atoms with Crippen molar-refractivity contribution < 1.29 is 4.79 Å². The van der Waals surface area contributed by atoms with Crippen molar-refractivity contribution in [2.45, 2.75) is 12.8 Å². The van der Waals surface area contributed by atoms with Gasteiger partial charge in [0.2, 0.25) is 11.0 Å². The Morgan fingerprint density at radius 1 is 1.24 bits per heavy atom. The minimum Gasteiger partial charge on any atom is -0.300 e. The molecule has 21 heavy (non-hydrogen) atoms. The van der Waals surface area contributed by atoms with Gasteiger partial charge in [-0.1, -0.05) is 29.6 Å². The topological polar surface area (TPSA) is 67.8 Å². The second-order valence-corrected chi connectivity index (χ2v) is 6.48. The Morgan fingerprint density at radius 3 is 2.90 bits per heavy atom. The fourth-order valence-electron chi connectivity index (χ4n) is 3.15. The van der Waals surface area contributed by atoms with Crippen LogP contribution in [0.1, 0.15) is 12.8 Å². The quantitative estimate of drug-likeness (QED) is 0.885. The Bertz CT molecular complexity index is 697. The summed E-state index contributed by atoms with van der Waals surface area (Å²) < 4.78 is 0. The lowest BCUT2D eigenvalue weighted by Gasteiger charge is -2.16. The van der Waals surface area contributed by atoms with E-state index in [4.69, 9.17) is 0 Å². The fourth-order valence-corrected chi connectivity index (χ4v) is 3.87. The van der Waals surface area contributed by atoms with Crippen molar-refractivity contribution >= 4 is 22.4 Å². The number of hydrogen-bond acceptors (Lipinski definition) is 5. The second kappa shape index (κ2) is 5.04. The van der Waals surface area contributed by atoms with Crippen molar-refractivity contribution in [1.29, 1.82) is 0 Å². The average molecular weight is 298 g/mol. The van der Waals surface area contributed by atoms with E-state index in [9.17, 15) is 4.79 Å². The highest BCUT2D eigenvalue weighted by Gasteiger charge is 2.39. The second-order valence-electron chi connectivity index (χ2n) is 5.50. The molecule has 1 fully saturated rings. The molecular formula is C15H14N4OS. The van der Waals surface area contributed by atoms with Crippen molar-refractivity contribution in [3.05, 3.63) is 36.5 Å². The SMILES string of the molecule is O=C(Nc1nnc(-c2ccccn2)s1)[C@H]1C[C@H]2C=C[C@H]1C2. The average Bonchev–Trinajstić information content (AvgIpc) is 3.24. The van der Waals surface area contributed by atoms with Crippen molar-refractivity contribution in [2.24, 2.45) is 17.8 Å². The molecule has 1 saturated carbocycles. The van der Waals surface area contributed by atoms with Crippen LogP contribution in [0.2, 0.25) is 0 Å². The number of fused-ring (bicyclic) bond motifs is 2. The highest BCUT2D eigenvalue weighted by atomic mass is 32.1. The summed E-state index contributed by atoms with van der Waals surface area (Å²) in [5.74, 6) is 1.14. The largest absolute Gasteiger partial charge is 0.300 e. The summed E-state index contributed by atoms with van der Waals surface area (Å²) in [7, 11) is 0. The highest BCUT2D eigenvalue weighted by Crippen LogP contribution is 2.43. The maximum absolute atomic E-state index is 12.3. The van der Waals surface area contributed by atoms with Gasteiger partial charge in [-0.2, -0.15) is 0 Å². The van der Waals surface area contributed by atoms with E-state index in [0.29, 0.717) is 17.0 Å². The van der Waals surface area contributed by atoms with Crippen molar-refractivity contribution in [3.63, 3.8) is 0 Å². The Kier molecular flexibility index (Phi) is 3.03. The first-order valence-electron chi connectivity index (χ1n) is 7.04. The van der Waals surface area contributed by atoms with E-state index in [2.05, 4.69) is 32.7 Å². The molecule has 2 aromatic heterocycles. The Balaban J connectivity index is 1.47. The number of nitrogens with one attached hydrogen (secondary N) is 1. The standard InChI is InChI=1S/C15H14N4OS/c20-13(11-8-9-4-5-10(11)7-9)17-15-19-18-14(21-15)12-3-1-2-6-16-12/h1-6,9-11H,7-8H2,(H,17,19,20)/t9-,10-,11-/m0/s1. The van der Waals surface area contributed by atoms with Crippen LogP contribution in [0.15, 0.2) is 36.5 Å². The molecule has 5 nitrogen and oxygen atoms in total. The molecule has 0 aliphatic heterocycles. The van der Waals surface area contributed by atoms with Gasteiger partial charge in [0, 0.05) is 12.1 Å². The summed E-state index contributed by atoms with van der Waals surface area (Å²) in [6, 6.07) is 5.65. The number of carbonyl (C=O) groups excluding carboxylic acids is 1. The molecule has 4 rings (SSSR count). The van der Waals surface area contributed by atoms with Crippen LogP contribution in [0.4, 0.5) is 5.13 Å². The lowest BCUT2D eigenvalue weighted by molar-refractivity contribution is -0.120. The maximum atomic E-state index is 12.3. The highest BCUT2D eigenvalue weighted by molar-refractivity contribution is 7.18. The van der Waals surface area contributed by atoms with E-state index in [-0.39, 0.29) is 11.8 Å². The van der Waals surface area contributed by atoms with Gasteiger partial charge in [0.25, 0.3) is 0 Å². The molecule has 3 atom stereocenters. The Morgan fingerprint density at radius 2 is 2.19 bits per heavy atom. The molecule has 1 N–H and O–H groups in total. The van der Waals surface area contributed by atoms with Gasteiger partial charge in [-0.25, -0.2) is 0 Å². The number of aromatic nitrogens is 3. The summed E-state index contributed by atoms with van der Waals surface area (Å²) in [5, 5.41) is 12.3. The number of allylic oxidation sites excluding steroid dienone is 2. The predicted molar refractivity (Wildman–Crippen MR) is 80.6 cm³/mol. The third kappa shape index (κ3) is 2.35. The van der Waals surface area contributed by atoms with E-state index in [1.807, 2.05) is 18.2 Å². The van der Waals surface area contributed by atoms with Crippen LogP contribution in [0.3, 0.4) is 0 Å². The van der Waals surface area contributed by atoms with Gasteiger partial charge in [0.05, 0.1) is 0 Å². The number of carbonyl (C=O) groups is 1. The van der Waals surface area contributed by atoms with Crippen LogP contribution in [-0.2, 0) is 4.79 Å². The molecule has 0 saturated heterocycles. The molecule has 6 heteroatoms. The third-order valence-corrected chi connectivity index (χ3v) is 5.02. The van der Waals surface area contributed by atoms with E-state index < -0.39 is 0 Å². The van der Waals surface area contributed by atoms with E-state index in [1.54, 1.807) is 6.20 Å². The molecule has 1 amide bonds. The molecule has 2 aromatic rings. The van der Waals surface area contributed by atoms with Crippen molar-refractivity contribution in [3.8, 4) is 10.7 Å². The summed E-state index contributed by atoms with van der Waals surface area (Å²) >= 11 is 1.36. The first-order chi connectivity index (χ1) is 10.3. The number of amides is 1. The number of nitrogens with zero attached hydrogens (tertiary/aromatic N) is 3. The van der Waals surface area contributed by atoms with Gasteiger partial charge < -0.3 is 5.32 Å². The summed E-state index contributed by atoms with van der Waals surface area (Å²) in [4.78, 5) is 16.6. The molecule has 2 aliphatic carbocycles. The van der Waals surface area contributed by atoms with Gasteiger partial charge in [-0.15, -0.1) is 10.2 Å². The van der Waals surface area contributed by atoms with Crippen LogP contribution in [0, 0.1) is 17.8 Å². The van der Waals surface area contributed by atoms with Gasteiger partial charge in [0.1, 0.15) is 5.69 Å². The third-order valence-electron chi connectivity index (χ3n) is 4.15. The number of hydrogen-bond donors (Lipinski definition) is 1. The van der Waals surface area contributed by atoms with Gasteiger partial charge in [-0.3, -0.25) is 9.78 Å². The van der Waals surface area contributed by atoms with Crippen LogP contribution < -0.4 is 5.32 Å². The van der Waals surface area contributed by atoms with Crippen LogP contribution in [0.25, 0.3) is 10.7 Å². The normalized spacial score (nSPS) is 26.2. The fraction of sp³-hybridized carbons (Fsp3) is 0.333. The molecule has 106 valence electrons. The van der Waals surface area contributed by atoms with E-state index >= 15 is 0 Å². The summed E-state index contributed by atoms with van der Waals surface area (Å²) in [6.07, 6.45) is 8.21. The van der Waals surface area contributed by atoms with Gasteiger partial charge in [-0.05, 0) is 36.8 Å². The van der Waals surface area contributed by atoms with Gasteiger partial charge >= 0.3 is 0 Å². The smallest absolute Gasteiger partial charge is 0.229 e. The summed E-state index contributed by atoms with van der Waals surface area (Å²) in [5.41, 5.74) is 0.776. The molecule has 0 unspecified atom stereocenters. The molecule has 0 radical (unpaired) electrons. The zero-order valence-electron chi connectivity index (χ0n) is 11.3.